The summed E-state index contributed by atoms with van der Waals surface area (Å²) in [5, 5.41) is 11.3. The first-order valence-corrected chi connectivity index (χ1v) is 5.46. The fourth-order valence-corrected chi connectivity index (χ4v) is 1.99. The highest BCUT2D eigenvalue weighted by atomic mass is 16.2. The molecule has 0 bridgehead atoms. The molecule has 1 aromatic rings. The number of piperidine rings is 1. The largest absolute Gasteiger partial charge is 0.296 e. The number of carbonyl (C=O) groups is 2. The van der Waals surface area contributed by atoms with Gasteiger partial charge in [-0.2, -0.15) is 5.26 Å². The predicted molar refractivity (Wildman–Crippen MR) is 61.0 cm³/mol. The summed E-state index contributed by atoms with van der Waals surface area (Å²) in [5.74, 6) is -0.812. The van der Waals surface area contributed by atoms with E-state index in [1.807, 2.05) is 19.1 Å². The molecule has 0 aliphatic carbocycles. The lowest BCUT2D eigenvalue weighted by Gasteiger charge is -2.21. The predicted octanol–water partition coefficient (Wildman–Crippen LogP) is 1.39. The number of benzene rings is 1. The zero-order valence-corrected chi connectivity index (χ0v) is 9.49. The van der Waals surface area contributed by atoms with Crippen LogP contribution in [0.1, 0.15) is 35.4 Å². The minimum atomic E-state index is -0.319. The number of nitriles is 1. The summed E-state index contributed by atoms with van der Waals surface area (Å²) in [6.07, 6.45) is 0.866. The molecule has 1 unspecified atom stereocenters. The molecule has 1 N–H and O–H groups in total. The lowest BCUT2D eigenvalue weighted by Crippen LogP contribution is -2.39. The van der Waals surface area contributed by atoms with Crippen LogP contribution in [0, 0.1) is 18.3 Å². The van der Waals surface area contributed by atoms with Gasteiger partial charge < -0.3 is 0 Å². The van der Waals surface area contributed by atoms with Crippen LogP contribution >= 0.6 is 0 Å². The first-order chi connectivity index (χ1) is 8.11. The zero-order valence-electron chi connectivity index (χ0n) is 9.49. The molecule has 2 rings (SSSR count). The lowest BCUT2D eigenvalue weighted by molar-refractivity contribution is -0.134. The number of amides is 2. The number of aryl methyl sites for hydroxylation is 1. The molecule has 17 heavy (non-hydrogen) atoms. The van der Waals surface area contributed by atoms with Crippen molar-refractivity contribution >= 4 is 11.8 Å². The van der Waals surface area contributed by atoms with E-state index >= 15 is 0 Å². The molecule has 1 saturated heterocycles. The van der Waals surface area contributed by atoms with Gasteiger partial charge in [-0.25, -0.2) is 0 Å². The molecule has 1 fully saturated rings. The van der Waals surface area contributed by atoms with Gasteiger partial charge in [0, 0.05) is 6.42 Å². The van der Waals surface area contributed by atoms with Crippen molar-refractivity contribution in [3.63, 3.8) is 0 Å². The second kappa shape index (κ2) is 4.38. The van der Waals surface area contributed by atoms with Crippen LogP contribution in [0.2, 0.25) is 0 Å². The molecule has 0 saturated carbocycles. The highest BCUT2D eigenvalue weighted by molar-refractivity contribution is 6.00. The van der Waals surface area contributed by atoms with Gasteiger partial charge in [0.05, 0.1) is 17.6 Å². The Morgan fingerprint density at radius 1 is 1.41 bits per heavy atom. The minimum absolute atomic E-state index is 0.223. The van der Waals surface area contributed by atoms with Crippen molar-refractivity contribution in [3.05, 3.63) is 34.9 Å². The number of nitrogens with one attached hydrogen (secondary N) is 1. The topological polar surface area (TPSA) is 70.0 Å². The number of hydrogen-bond donors (Lipinski definition) is 1. The van der Waals surface area contributed by atoms with Crippen molar-refractivity contribution in [3.8, 4) is 6.07 Å². The quantitative estimate of drug-likeness (QED) is 0.738. The van der Waals surface area contributed by atoms with Gasteiger partial charge in [0.2, 0.25) is 11.8 Å². The average molecular weight is 228 g/mol. The van der Waals surface area contributed by atoms with E-state index in [0.29, 0.717) is 18.4 Å². The van der Waals surface area contributed by atoms with Gasteiger partial charge in [0.25, 0.3) is 0 Å². The molecule has 4 heteroatoms. The number of hydrogen-bond acceptors (Lipinski definition) is 3. The Bertz CT molecular complexity index is 529. The Morgan fingerprint density at radius 3 is 2.82 bits per heavy atom. The number of nitrogens with zero attached hydrogens (tertiary/aromatic N) is 1. The van der Waals surface area contributed by atoms with Crippen LogP contribution in [0.15, 0.2) is 18.2 Å². The fraction of sp³-hybridized carbons (Fsp3) is 0.308. The van der Waals surface area contributed by atoms with Crippen molar-refractivity contribution in [2.24, 2.45) is 0 Å². The molecule has 1 atom stereocenters. The van der Waals surface area contributed by atoms with Gasteiger partial charge in [-0.3, -0.25) is 14.9 Å². The normalized spacial score (nSPS) is 19.6. The van der Waals surface area contributed by atoms with E-state index in [9.17, 15) is 9.59 Å². The van der Waals surface area contributed by atoms with Crippen molar-refractivity contribution in [1.82, 2.24) is 5.32 Å². The van der Waals surface area contributed by atoms with Crippen LogP contribution < -0.4 is 5.32 Å². The van der Waals surface area contributed by atoms with Gasteiger partial charge >= 0.3 is 0 Å². The zero-order chi connectivity index (χ0) is 12.4. The van der Waals surface area contributed by atoms with Crippen molar-refractivity contribution in [2.45, 2.75) is 25.7 Å². The summed E-state index contributed by atoms with van der Waals surface area (Å²) in [7, 11) is 0. The second-order valence-corrected chi connectivity index (χ2v) is 4.19. The van der Waals surface area contributed by atoms with Crippen LogP contribution in [0.4, 0.5) is 0 Å². The molecule has 1 heterocycles. The van der Waals surface area contributed by atoms with Crippen LogP contribution in [0.3, 0.4) is 0 Å². The van der Waals surface area contributed by atoms with Crippen molar-refractivity contribution < 1.29 is 9.59 Å². The van der Waals surface area contributed by atoms with E-state index < -0.39 is 0 Å². The molecule has 4 nitrogen and oxygen atoms in total. The Kier molecular flexibility index (Phi) is 2.92. The molecule has 1 aliphatic heterocycles. The molecule has 86 valence electrons. The van der Waals surface area contributed by atoms with Gasteiger partial charge in [-0.1, -0.05) is 12.1 Å². The molecule has 0 spiro atoms. The van der Waals surface area contributed by atoms with Gasteiger partial charge in [-0.05, 0) is 30.5 Å². The minimum Gasteiger partial charge on any atom is -0.296 e. The highest BCUT2D eigenvalue weighted by Gasteiger charge is 2.28. The molecule has 0 radical (unpaired) electrons. The van der Waals surface area contributed by atoms with Crippen LogP contribution in [-0.4, -0.2) is 11.8 Å². The van der Waals surface area contributed by atoms with Gasteiger partial charge in [0.15, 0.2) is 0 Å². The SMILES string of the molecule is Cc1ccc(C2CCC(=O)NC2=O)cc1C#N. The summed E-state index contributed by atoms with van der Waals surface area (Å²) in [4.78, 5) is 22.7. The van der Waals surface area contributed by atoms with E-state index in [4.69, 9.17) is 5.26 Å². The first-order valence-electron chi connectivity index (χ1n) is 5.46. The Morgan fingerprint density at radius 2 is 2.18 bits per heavy atom. The number of rotatable bonds is 1. The molecule has 1 aromatic carbocycles. The van der Waals surface area contributed by atoms with Crippen LogP contribution in [-0.2, 0) is 9.59 Å². The van der Waals surface area contributed by atoms with Crippen LogP contribution in [0.5, 0.6) is 0 Å². The van der Waals surface area contributed by atoms with E-state index in [1.54, 1.807) is 6.07 Å². The van der Waals surface area contributed by atoms with Crippen molar-refractivity contribution in [1.29, 1.82) is 5.26 Å². The monoisotopic (exact) mass is 228 g/mol. The maximum Gasteiger partial charge on any atom is 0.234 e. The molecule has 1 aliphatic rings. The summed E-state index contributed by atoms with van der Waals surface area (Å²) in [6.45, 7) is 1.85. The summed E-state index contributed by atoms with van der Waals surface area (Å²) in [5.41, 5.74) is 2.27. The molecule has 2 amide bonds. The second-order valence-electron chi connectivity index (χ2n) is 4.19. The molecule has 0 aromatic heterocycles. The van der Waals surface area contributed by atoms with Crippen molar-refractivity contribution in [2.75, 3.05) is 0 Å². The standard InChI is InChI=1S/C13H12N2O2/c1-8-2-3-9(6-10(8)7-14)11-4-5-12(16)15-13(11)17/h2-3,6,11H,4-5H2,1H3,(H,15,16,17). The Balaban J connectivity index is 2.32. The maximum absolute atomic E-state index is 11.7. The summed E-state index contributed by atoms with van der Waals surface area (Å²) >= 11 is 0. The molecular weight excluding hydrogens is 216 g/mol. The highest BCUT2D eigenvalue weighted by Crippen LogP contribution is 2.26. The number of carbonyl (C=O) groups excluding carboxylic acids is 2. The summed E-state index contributed by atoms with van der Waals surface area (Å²) in [6, 6.07) is 7.51. The first kappa shape index (κ1) is 11.3. The Labute approximate surface area is 99.2 Å². The van der Waals surface area contributed by atoms with Gasteiger partial charge in [-0.15, -0.1) is 0 Å². The Hall–Kier alpha value is -2.15. The molecular formula is C13H12N2O2. The third kappa shape index (κ3) is 2.18. The third-order valence-corrected chi connectivity index (χ3v) is 3.02. The van der Waals surface area contributed by atoms with E-state index in [2.05, 4.69) is 11.4 Å². The van der Waals surface area contributed by atoms with Gasteiger partial charge in [0.1, 0.15) is 0 Å². The smallest absolute Gasteiger partial charge is 0.234 e. The van der Waals surface area contributed by atoms with E-state index in [0.717, 1.165) is 11.1 Å². The summed E-state index contributed by atoms with van der Waals surface area (Å²) < 4.78 is 0. The maximum atomic E-state index is 11.7. The third-order valence-electron chi connectivity index (χ3n) is 3.02. The fourth-order valence-electron chi connectivity index (χ4n) is 1.99. The average Bonchev–Trinajstić information content (AvgIpc) is 2.30. The van der Waals surface area contributed by atoms with E-state index in [1.165, 1.54) is 0 Å². The number of imide groups is 1. The lowest BCUT2D eigenvalue weighted by atomic mass is 9.89. The van der Waals surface area contributed by atoms with E-state index in [-0.39, 0.29) is 17.7 Å². The van der Waals surface area contributed by atoms with Crippen LogP contribution in [0.25, 0.3) is 0 Å².